The number of rotatable bonds is 3. The molecule has 116 valence electrons. The molecular weight excluding hydrogens is 312 g/mol. The number of thioether (sulfide) groups is 1. The summed E-state index contributed by atoms with van der Waals surface area (Å²) in [7, 11) is 1.57. The molecule has 0 aliphatic carbocycles. The summed E-state index contributed by atoms with van der Waals surface area (Å²) in [5.41, 5.74) is 1.57. The Kier molecular flexibility index (Phi) is 3.46. The van der Waals surface area contributed by atoms with Crippen LogP contribution in [0.25, 0.3) is 11.0 Å². The number of anilines is 1. The van der Waals surface area contributed by atoms with Crippen molar-refractivity contribution in [3.05, 3.63) is 54.4 Å². The van der Waals surface area contributed by atoms with Crippen LogP contribution in [-0.4, -0.2) is 23.8 Å². The number of carbonyl (C=O) groups excluding carboxylic acids is 1. The molecule has 1 aliphatic heterocycles. The second-order valence-electron chi connectivity index (χ2n) is 5.17. The fraction of sp³-hybridized carbons (Fsp3) is 0.176. The van der Waals surface area contributed by atoms with Gasteiger partial charge in [0.25, 0.3) is 0 Å². The number of nitrogens with zero attached hydrogens (tertiary/aromatic N) is 2. The van der Waals surface area contributed by atoms with Crippen LogP contribution in [0.4, 0.5) is 5.69 Å². The van der Waals surface area contributed by atoms with E-state index in [4.69, 9.17) is 9.15 Å². The first-order valence-electron chi connectivity index (χ1n) is 7.18. The van der Waals surface area contributed by atoms with E-state index in [9.17, 15) is 4.79 Å². The summed E-state index contributed by atoms with van der Waals surface area (Å²) in [5, 5.41) is 0.861. The van der Waals surface area contributed by atoms with Gasteiger partial charge in [0.1, 0.15) is 16.7 Å². The molecule has 0 spiro atoms. The van der Waals surface area contributed by atoms with Crippen molar-refractivity contribution in [2.24, 2.45) is 0 Å². The molecular formula is C17H14N2O3S. The zero-order chi connectivity index (χ0) is 15.8. The lowest BCUT2D eigenvalue weighted by Crippen LogP contribution is -2.27. The molecule has 1 fully saturated rings. The lowest BCUT2D eigenvalue weighted by atomic mass is 10.2. The van der Waals surface area contributed by atoms with Crippen molar-refractivity contribution >= 4 is 34.3 Å². The van der Waals surface area contributed by atoms with Crippen LogP contribution in [0.1, 0.15) is 11.1 Å². The highest BCUT2D eigenvalue weighted by atomic mass is 32.2. The second kappa shape index (κ2) is 5.62. The van der Waals surface area contributed by atoms with E-state index < -0.39 is 0 Å². The van der Waals surface area contributed by atoms with E-state index in [2.05, 4.69) is 4.98 Å². The number of fused-ring (bicyclic) bond motifs is 1. The number of amides is 1. The minimum atomic E-state index is -0.176. The van der Waals surface area contributed by atoms with Crippen LogP contribution < -0.4 is 9.64 Å². The van der Waals surface area contributed by atoms with Crippen LogP contribution in [0.15, 0.2) is 53.1 Å². The summed E-state index contributed by atoms with van der Waals surface area (Å²) in [4.78, 5) is 18.3. The summed E-state index contributed by atoms with van der Waals surface area (Å²) in [6.45, 7) is 0. The molecule has 5 nitrogen and oxygen atoms in total. The topological polar surface area (TPSA) is 55.6 Å². The first-order valence-corrected chi connectivity index (χ1v) is 8.23. The zero-order valence-electron chi connectivity index (χ0n) is 12.4. The minimum Gasteiger partial charge on any atom is -0.481 e. The molecule has 2 aromatic heterocycles. The SMILES string of the molecule is COc1ccc(N2C(=O)CSC2c2cc3ccccc3o2)cn1. The number of hydrogen-bond acceptors (Lipinski definition) is 5. The van der Waals surface area contributed by atoms with Crippen molar-refractivity contribution < 1.29 is 13.9 Å². The van der Waals surface area contributed by atoms with Gasteiger partial charge >= 0.3 is 0 Å². The quantitative estimate of drug-likeness (QED) is 0.736. The first kappa shape index (κ1) is 14.1. The molecule has 1 saturated heterocycles. The van der Waals surface area contributed by atoms with Crippen molar-refractivity contribution in [2.75, 3.05) is 17.8 Å². The molecule has 0 saturated carbocycles. The van der Waals surface area contributed by atoms with Gasteiger partial charge in [-0.1, -0.05) is 18.2 Å². The largest absolute Gasteiger partial charge is 0.481 e. The molecule has 23 heavy (non-hydrogen) atoms. The molecule has 1 atom stereocenters. The number of pyridine rings is 1. The third kappa shape index (κ3) is 2.45. The maximum atomic E-state index is 12.3. The first-order chi connectivity index (χ1) is 11.3. The number of methoxy groups -OCH3 is 1. The van der Waals surface area contributed by atoms with E-state index in [0.717, 1.165) is 22.4 Å². The van der Waals surface area contributed by atoms with Gasteiger partial charge in [-0.25, -0.2) is 4.98 Å². The summed E-state index contributed by atoms with van der Waals surface area (Å²) in [6.07, 6.45) is 1.65. The van der Waals surface area contributed by atoms with E-state index in [1.807, 2.05) is 36.4 Å². The van der Waals surface area contributed by atoms with Crippen molar-refractivity contribution in [1.29, 1.82) is 0 Å². The van der Waals surface area contributed by atoms with E-state index in [0.29, 0.717) is 11.6 Å². The maximum absolute atomic E-state index is 12.3. The Morgan fingerprint density at radius 2 is 2.17 bits per heavy atom. The monoisotopic (exact) mass is 326 g/mol. The number of aromatic nitrogens is 1. The average molecular weight is 326 g/mol. The summed E-state index contributed by atoms with van der Waals surface area (Å²) >= 11 is 1.56. The molecule has 1 aliphatic rings. The second-order valence-corrected chi connectivity index (χ2v) is 6.24. The Labute approximate surface area is 137 Å². The fourth-order valence-corrected chi connectivity index (χ4v) is 3.78. The average Bonchev–Trinajstić information content (AvgIpc) is 3.18. The van der Waals surface area contributed by atoms with Gasteiger partial charge in [-0.15, -0.1) is 11.8 Å². The number of benzene rings is 1. The number of para-hydroxylation sites is 1. The Balaban J connectivity index is 1.72. The van der Waals surface area contributed by atoms with Gasteiger partial charge in [0.15, 0.2) is 0 Å². The van der Waals surface area contributed by atoms with Gasteiger partial charge in [-0.2, -0.15) is 0 Å². The Bertz CT molecular complexity index is 827. The van der Waals surface area contributed by atoms with Crippen LogP contribution in [0, 0.1) is 0 Å². The Hall–Kier alpha value is -2.47. The number of carbonyl (C=O) groups is 1. The van der Waals surface area contributed by atoms with Gasteiger partial charge < -0.3 is 9.15 Å². The molecule has 1 aromatic carbocycles. The van der Waals surface area contributed by atoms with Crippen LogP contribution in [0.5, 0.6) is 5.88 Å². The van der Waals surface area contributed by atoms with Gasteiger partial charge in [-0.05, 0) is 18.2 Å². The summed E-state index contributed by atoms with van der Waals surface area (Å²) in [5.74, 6) is 1.77. The van der Waals surface area contributed by atoms with Gasteiger partial charge in [0.2, 0.25) is 11.8 Å². The number of hydrogen-bond donors (Lipinski definition) is 0. The summed E-state index contributed by atoms with van der Waals surface area (Å²) in [6, 6.07) is 13.4. The van der Waals surface area contributed by atoms with Crippen LogP contribution >= 0.6 is 11.8 Å². The van der Waals surface area contributed by atoms with Crippen molar-refractivity contribution in [3.8, 4) is 5.88 Å². The van der Waals surface area contributed by atoms with E-state index in [1.165, 1.54) is 0 Å². The highest BCUT2D eigenvalue weighted by molar-refractivity contribution is 8.00. The van der Waals surface area contributed by atoms with Crippen LogP contribution in [-0.2, 0) is 4.79 Å². The van der Waals surface area contributed by atoms with E-state index in [-0.39, 0.29) is 11.3 Å². The fourth-order valence-electron chi connectivity index (χ4n) is 2.67. The molecule has 0 N–H and O–H groups in total. The van der Waals surface area contributed by atoms with Crippen LogP contribution in [0.2, 0.25) is 0 Å². The van der Waals surface area contributed by atoms with Crippen molar-refractivity contribution in [1.82, 2.24) is 4.98 Å². The van der Waals surface area contributed by atoms with Gasteiger partial charge in [0.05, 0.1) is 24.7 Å². The standard InChI is InChI=1S/C17H14N2O3S/c1-21-15-7-6-12(9-18-15)19-16(20)10-23-17(19)14-8-11-4-2-3-5-13(11)22-14/h2-9,17H,10H2,1H3. The molecule has 1 amide bonds. The molecule has 3 heterocycles. The third-order valence-corrected chi connectivity index (χ3v) is 4.94. The normalized spacial score (nSPS) is 17.9. The van der Waals surface area contributed by atoms with E-state index in [1.54, 1.807) is 36.0 Å². The minimum absolute atomic E-state index is 0.0485. The lowest BCUT2D eigenvalue weighted by Gasteiger charge is -2.22. The summed E-state index contributed by atoms with van der Waals surface area (Å²) < 4.78 is 11.0. The smallest absolute Gasteiger partial charge is 0.238 e. The molecule has 0 bridgehead atoms. The highest BCUT2D eigenvalue weighted by Crippen LogP contribution is 2.43. The Morgan fingerprint density at radius 3 is 2.91 bits per heavy atom. The predicted octanol–water partition coefficient (Wildman–Crippen LogP) is 3.62. The highest BCUT2D eigenvalue weighted by Gasteiger charge is 2.36. The van der Waals surface area contributed by atoms with Gasteiger partial charge in [0, 0.05) is 11.5 Å². The van der Waals surface area contributed by atoms with Crippen molar-refractivity contribution in [2.45, 2.75) is 5.37 Å². The van der Waals surface area contributed by atoms with E-state index >= 15 is 0 Å². The van der Waals surface area contributed by atoms with Crippen molar-refractivity contribution in [3.63, 3.8) is 0 Å². The third-order valence-electron chi connectivity index (χ3n) is 3.76. The number of ether oxygens (including phenoxy) is 1. The molecule has 0 radical (unpaired) electrons. The lowest BCUT2D eigenvalue weighted by molar-refractivity contribution is -0.115. The maximum Gasteiger partial charge on any atom is 0.238 e. The molecule has 3 aromatic rings. The van der Waals surface area contributed by atoms with Crippen LogP contribution in [0.3, 0.4) is 0 Å². The molecule has 6 heteroatoms. The molecule has 1 unspecified atom stereocenters. The Morgan fingerprint density at radius 1 is 1.30 bits per heavy atom. The zero-order valence-corrected chi connectivity index (χ0v) is 13.2. The number of furan rings is 1. The van der Waals surface area contributed by atoms with Gasteiger partial charge in [-0.3, -0.25) is 9.69 Å². The predicted molar refractivity (Wildman–Crippen MR) is 89.7 cm³/mol. The molecule has 4 rings (SSSR count).